The molecule has 0 aliphatic heterocycles. The molecule has 2 N–H and O–H groups in total. The summed E-state index contributed by atoms with van der Waals surface area (Å²) in [7, 11) is 0. The molecule has 1 unspecified atom stereocenters. The number of rotatable bonds is 4. The Balaban J connectivity index is 2.12. The Labute approximate surface area is 106 Å². The molecule has 0 fully saturated rings. The molecule has 1 amide bonds. The van der Waals surface area contributed by atoms with Crippen molar-refractivity contribution in [2.45, 2.75) is 38.6 Å². The molecule has 0 heterocycles. The van der Waals surface area contributed by atoms with E-state index in [-0.39, 0.29) is 5.91 Å². The number of benzene rings is 1. The summed E-state index contributed by atoms with van der Waals surface area (Å²) in [6.45, 7) is 1.74. The lowest BCUT2D eigenvalue weighted by Gasteiger charge is -2.12. The molecular weight excluding hydrogens is 230 g/mol. The SMILES string of the molecule is CCC(NC(=O)c1ccc2c(c1)CCC2)C(=O)O. The number of nitrogens with one attached hydrogen (secondary N) is 1. The van der Waals surface area contributed by atoms with Crippen LogP contribution in [0.15, 0.2) is 18.2 Å². The van der Waals surface area contributed by atoms with Gasteiger partial charge in [-0.05, 0) is 48.9 Å². The first-order valence-electron chi connectivity index (χ1n) is 6.27. The van der Waals surface area contributed by atoms with E-state index < -0.39 is 12.0 Å². The van der Waals surface area contributed by atoms with Gasteiger partial charge in [-0.15, -0.1) is 0 Å². The van der Waals surface area contributed by atoms with Gasteiger partial charge in [-0.25, -0.2) is 4.79 Å². The van der Waals surface area contributed by atoms with Crippen LogP contribution in [0.4, 0.5) is 0 Å². The number of amides is 1. The Morgan fingerprint density at radius 1 is 1.33 bits per heavy atom. The molecule has 1 atom stereocenters. The minimum Gasteiger partial charge on any atom is -0.480 e. The van der Waals surface area contributed by atoms with E-state index in [0.717, 1.165) is 19.3 Å². The first-order valence-corrected chi connectivity index (χ1v) is 6.27. The van der Waals surface area contributed by atoms with Crippen molar-refractivity contribution in [3.63, 3.8) is 0 Å². The number of hydrogen-bond donors (Lipinski definition) is 2. The predicted molar refractivity (Wildman–Crippen MR) is 67.6 cm³/mol. The van der Waals surface area contributed by atoms with Gasteiger partial charge in [-0.1, -0.05) is 13.0 Å². The van der Waals surface area contributed by atoms with Gasteiger partial charge in [-0.2, -0.15) is 0 Å². The second kappa shape index (κ2) is 5.21. The Kier molecular flexibility index (Phi) is 3.65. The minimum absolute atomic E-state index is 0.307. The summed E-state index contributed by atoms with van der Waals surface area (Å²) in [6.07, 6.45) is 3.59. The zero-order valence-electron chi connectivity index (χ0n) is 10.4. The number of carbonyl (C=O) groups excluding carboxylic acids is 1. The average Bonchev–Trinajstić information content (AvgIpc) is 2.82. The second-order valence-electron chi connectivity index (χ2n) is 4.61. The number of aliphatic carboxylic acids is 1. The van der Waals surface area contributed by atoms with Crippen LogP contribution in [-0.4, -0.2) is 23.0 Å². The summed E-state index contributed by atoms with van der Waals surface area (Å²) in [6, 6.07) is 4.81. The zero-order valence-corrected chi connectivity index (χ0v) is 10.4. The topological polar surface area (TPSA) is 66.4 Å². The van der Waals surface area contributed by atoms with Crippen molar-refractivity contribution in [3.05, 3.63) is 34.9 Å². The van der Waals surface area contributed by atoms with Crippen LogP contribution in [-0.2, 0) is 17.6 Å². The van der Waals surface area contributed by atoms with Gasteiger partial charge < -0.3 is 10.4 Å². The molecule has 18 heavy (non-hydrogen) atoms. The monoisotopic (exact) mass is 247 g/mol. The van der Waals surface area contributed by atoms with E-state index >= 15 is 0 Å². The fraction of sp³-hybridized carbons (Fsp3) is 0.429. The van der Waals surface area contributed by atoms with Crippen molar-refractivity contribution < 1.29 is 14.7 Å². The van der Waals surface area contributed by atoms with Crippen LogP contribution in [0.25, 0.3) is 0 Å². The third kappa shape index (κ3) is 2.53. The maximum Gasteiger partial charge on any atom is 0.326 e. The second-order valence-corrected chi connectivity index (χ2v) is 4.61. The zero-order chi connectivity index (χ0) is 13.1. The van der Waals surface area contributed by atoms with E-state index in [4.69, 9.17) is 5.11 Å². The fourth-order valence-corrected chi connectivity index (χ4v) is 2.29. The third-order valence-electron chi connectivity index (χ3n) is 3.37. The smallest absolute Gasteiger partial charge is 0.326 e. The molecule has 96 valence electrons. The van der Waals surface area contributed by atoms with E-state index in [9.17, 15) is 9.59 Å². The van der Waals surface area contributed by atoms with Crippen LogP contribution in [0.1, 0.15) is 41.3 Å². The summed E-state index contributed by atoms with van der Waals surface area (Å²) in [4.78, 5) is 22.8. The summed E-state index contributed by atoms with van der Waals surface area (Å²) in [5.74, 6) is -1.30. The highest BCUT2D eigenvalue weighted by atomic mass is 16.4. The van der Waals surface area contributed by atoms with Crippen LogP contribution < -0.4 is 5.32 Å². The van der Waals surface area contributed by atoms with Crippen LogP contribution >= 0.6 is 0 Å². The number of fused-ring (bicyclic) bond motifs is 1. The number of carbonyl (C=O) groups is 2. The molecule has 0 aromatic heterocycles. The normalized spacial score (nSPS) is 14.9. The molecule has 0 saturated carbocycles. The lowest BCUT2D eigenvalue weighted by atomic mass is 10.1. The maximum absolute atomic E-state index is 11.9. The molecule has 1 aromatic rings. The number of aryl methyl sites for hydroxylation is 2. The van der Waals surface area contributed by atoms with Gasteiger partial charge in [0.1, 0.15) is 6.04 Å². The highest BCUT2D eigenvalue weighted by Gasteiger charge is 2.19. The van der Waals surface area contributed by atoms with Gasteiger partial charge >= 0.3 is 5.97 Å². The van der Waals surface area contributed by atoms with E-state index in [1.165, 1.54) is 11.1 Å². The van der Waals surface area contributed by atoms with E-state index in [0.29, 0.717) is 12.0 Å². The molecule has 1 aromatic carbocycles. The summed E-state index contributed by atoms with van der Waals surface area (Å²) in [5.41, 5.74) is 3.07. The van der Waals surface area contributed by atoms with E-state index in [1.54, 1.807) is 13.0 Å². The molecule has 2 rings (SSSR count). The lowest BCUT2D eigenvalue weighted by Crippen LogP contribution is -2.40. The first-order chi connectivity index (χ1) is 8.61. The molecule has 0 radical (unpaired) electrons. The molecule has 4 heteroatoms. The van der Waals surface area contributed by atoms with Gasteiger partial charge in [0, 0.05) is 5.56 Å². The standard InChI is InChI=1S/C14H17NO3/c1-2-12(14(17)18)15-13(16)11-7-6-9-4-3-5-10(9)8-11/h6-8,12H,2-5H2,1H3,(H,15,16)(H,17,18). The van der Waals surface area contributed by atoms with Gasteiger partial charge in [0.2, 0.25) is 0 Å². The third-order valence-corrected chi connectivity index (χ3v) is 3.37. The van der Waals surface area contributed by atoms with Crippen LogP contribution in [0.2, 0.25) is 0 Å². The van der Waals surface area contributed by atoms with Crippen molar-refractivity contribution in [1.29, 1.82) is 0 Å². The Bertz CT molecular complexity index is 482. The van der Waals surface area contributed by atoms with Crippen molar-refractivity contribution in [2.24, 2.45) is 0 Å². The molecule has 1 aliphatic rings. The molecule has 0 bridgehead atoms. The largest absolute Gasteiger partial charge is 0.480 e. The molecule has 1 aliphatic carbocycles. The minimum atomic E-state index is -0.994. The van der Waals surface area contributed by atoms with Crippen molar-refractivity contribution in [2.75, 3.05) is 0 Å². The van der Waals surface area contributed by atoms with Gasteiger partial charge in [0.15, 0.2) is 0 Å². The summed E-state index contributed by atoms with van der Waals surface area (Å²) in [5, 5.41) is 11.4. The highest BCUT2D eigenvalue weighted by Crippen LogP contribution is 2.22. The average molecular weight is 247 g/mol. The number of carboxylic acid groups (broad SMARTS) is 1. The quantitative estimate of drug-likeness (QED) is 0.852. The Morgan fingerprint density at radius 3 is 2.72 bits per heavy atom. The van der Waals surface area contributed by atoms with Crippen LogP contribution in [0, 0.1) is 0 Å². The van der Waals surface area contributed by atoms with Gasteiger partial charge in [-0.3, -0.25) is 4.79 Å². The molecule has 4 nitrogen and oxygen atoms in total. The van der Waals surface area contributed by atoms with Crippen molar-refractivity contribution in [1.82, 2.24) is 5.32 Å². The summed E-state index contributed by atoms with van der Waals surface area (Å²) < 4.78 is 0. The Hall–Kier alpha value is -1.84. The van der Waals surface area contributed by atoms with Gasteiger partial charge in [0.05, 0.1) is 0 Å². The van der Waals surface area contributed by atoms with Crippen molar-refractivity contribution >= 4 is 11.9 Å². The highest BCUT2D eigenvalue weighted by molar-refractivity contribution is 5.96. The van der Waals surface area contributed by atoms with Crippen molar-refractivity contribution in [3.8, 4) is 0 Å². The lowest BCUT2D eigenvalue weighted by molar-refractivity contribution is -0.139. The van der Waals surface area contributed by atoms with E-state index in [1.807, 2.05) is 12.1 Å². The predicted octanol–water partition coefficient (Wildman–Crippen LogP) is 1.77. The number of carboxylic acids is 1. The number of hydrogen-bond acceptors (Lipinski definition) is 2. The fourth-order valence-electron chi connectivity index (χ4n) is 2.29. The van der Waals surface area contributed by atoms with Crippen LogP contribution in [0.5, 0.6) is 0 Å². The first kappa shape index (κ1) is 12.6. The van der Waals surface area contributed by atoms with E-state index in [2.05, 4.69) is 5.32 Å². The maximum atomic E-state index is 11.9. The molecule has 0 saturated heterocycles. The Morgan fingerprint density at radius 2 is 2.06 bits per heavy atom. The van der Waals surface area contributed by atoms with Crippen LogP contribution in [0.3, 0.4) is 0 Å². The molecular formula is C14H17NO3. The molecule has 0 spiro atoms. The van der Waals surface area contributed by atoms with Gasteiger partial charge in [0.25, 0.3) is 5.91 Å². The summed E-state index contributed by atoms with van der Waals surface area (Å²) >= 11 is 0.